The Morgan fingerprint density at radius 2 is 1.78 bits per heavy atom. The highest BCUT2D eigenvalue weighted by Crippen LogP contribution is 2.33. The molecule has 126 valence electrons. The highest BCUT2D eigenvalue weighted by Gasteiger charge is 2.51. The lowest BCUT2D eigenvalue weighted by molar-refractivity contribution is -0.132. The lowest BCUT2D eigenvalue weighted by Gasteiger charge is -2.26. The summed E-state index contributed by atoms with van der Waals surface area (Å²) in [6, 6.07) is 7.43. The zero-order valence-electron chi connectivity index (χ0n) is 14.3. The standard InChI is InChI=1S/C18H26N2O3/c1-5-13-7-9-14(10-8-13)18(6-2)15(21)20(16(22)19-18)12-11-17(3,4)23/h7-10,23H,5-6,11-12H2,1-4H3,(H,19,22). The number of urea groups is 1. The predicted octanol–water partition coefficient (Wildman–Crippen LogP) is 2.57. The van der Waals surface area contributed by atoms with Gasteiger partial charge in [-0.1, -0.05) is 38.1 Å². The predicted molar refractivity (Wildman–Crippen MR) is 88.9 cm³/mol. The minimum absolute atomic E-state index is 0.211. The zero-order chi connectivity index (χ0) is 17.3. The Bertz CT molecular complexity index is 589. The lowest BCUT2D eigenvalue weighted by Crippen LogP contribution is -2.43. The number of imide groups is 1. The van der Waals surface area contributed by atoms with E-state index in [1.165, 1.54) is 10.5 Å². The van der Waals surface area contributed by atoms with Crippen molar-refractivity contribution >= 4 is 11.9 Å². The SMILES string of the molecule is CCc1ccc(C2(CC)NC(=O)N(CCC(C)(C)O)C2=O)cc1. The molecule has 1 heterocycles. The van der Waals surface area contributed by atoms with Gasteiger partial charge in [-0.2, -0.15) is 0 Å². The van der Waals surface area contributed by atoms with Crippen LogP contribution in [0.15, 0.2) is 24.3 Å². The maximum absolute atomic E-state index is 12.9. The Balaban J connectivity index is 2.28. The Morgan fingerprint density at radius 1 is 1.17 bits per heavy atom. The number of nitrogens with one attached hydrogen (secondary N) is 1. The van der Waals surface area contributed by atoms with E-state index in [1.807, 2.05) is 31.2 Å². The van der Waals surface area contributed by atoms with E-state index in [0.717, 1.165) is 12.0 Å². The van der Waals surface area contributed by atoms with Crippen molar-refractivity contribution in [3.63, 3.8) is 0 Å². The molecule has 0 spiro atoms. The Hall–Kier alpha value is -1.88. The molecule has 2 N–H and O–H groups in total. The highest BCUT2D eigenvalue weighted by atomic mass is 16.3. The second-order valence-electron chi connectivity index (χ2n) is 6.76. The fourth-order valence-electron chi connectivity index (χ4n) is 2.88. The summed E-state index contributed by atoms with van der Waals surface area (Å²) in [5, 5.41) is 12.7. The number of nitrogens with zero attached hydrogens (tertiary/aromatic N) is 1. The van der Waals surface area contributed by atoms with Crippen LogP contribution in [-0.4, -0.2) is 34.1 Å². The molecule has 0 saturated carbocycles. The van der Waals surface area contributed by atoms with Gasteiger partial charge in [0.05, 0.1) is 5.60 Å². The monoisotopic (exact) mass is 318 g/mol. The molecule has 0 bridgehead atoms. The van der Waals surface area contributed by atoms with Gasteiger partial charge in [0.1, 0.15) is 5.54 Å². The van der Waals surface area contributed by atoms with E-state index in [9.17, 15) is 14.7 Å². The summed E-state index contributed by atoms with van der Waals surface area (Å²) in [5.74, 6) is -0.238. The van der Waals surface area contributed by atoms with Gasteiger partial charge in [-0.05, 0) is 44.2 Å². The Labute approximate surface area is 137 Å². The molecule has 1 aliphatic heterocycles. The van der Waals surface area contributed by atoms with Crippen LogP contribution in [0.25, 0.3) is 0 Å². The number of benzene rings is 1. The van der Waals surface area contributed by atoms with E-state index in [-0.39, 0.29) is 18.5 Å². The van der Waals surface area contributed by atoms with Gasteiger partial charge in [-0.15, -0.1) is 0 Å². The number of amides is 3. The number of carbonyl (C=O) groups is 2. The van der Waals surface area contributed by atoms with Crippen molar-refractivity contribution in [1.29, 1.82) is 0 Å². The summed E-state index contributed by atoms with van der Waals surface area (Å²) in [6.07, 6.45) is 1.76. The molecule has 1 atom stereocenters. The normalized spacial score (nSPS) is 21.7. The third-order valence-electron chi connectivity index (χ3n) is 4.51. The highest BCUT2D eigenvalue weighted by molar-refractivity contribution is 6.07. The molecule has 2 rings (SSSR count). The van der Waals surface area contributed by atoms with E-state index >= 15 is 0 Å². The van der Waals surface area contributed by atoms with Gasteiger partial charge in [0.25, 0.3) is 5.91 Å². The van der Waals surface area contributed by atoms with Crippen molar-refractivity contribution in [2.45, 2.75) is 58.1 Å². The fourth-order valence-corrected chi connectivity index (χ4v) is 2.88. The minimum Gasteiger partial charge on any atom is -0.390 e. The van der Waals surface area contributed by atoms with Crippen LogP contribution in [0.2, 0.25) is 0 Å². The number of hydrogen-bond acceptors (Lipinski definition) is 3. The second kappa shape index (κ2) is 6.32. The first-order valence-corrected chi connectivity index (χ1v) is 8.19. The van der Waals surface area contributed by atoms with Crippen molar-refractivity contribution in [1.82, 2.24) is 10.2 Å². The molecule has 1 aliphatic rings. The van der Waals surface area contributed by atoms with Crippen molar-refractivity contribution in [2.24, 2.45) is 0 Å². The second-order valence-corrected chi connectivity index (χ2v) is 6.76. The van der Waals surface area contributed by atoms with Crippen LogP contribution in [0.4, 0.5) is 4.79 Å². The fraction of sp³-hybridized carbons (Fsp3) is 0.556. The molecule has 1 aromatic carbocycles. The average Bonchev–Trinajstić information content (AvgIpc) is 2.76. The third kappa shape index (κ3) is 3.39. The Kier molecular flexibility index (Phi) is 4.80. The van der Waals surface area contributed by atoms with Crippen LogP contribution in [0.3, 0.4) is 0 Å². The maximum Gasteiger partial charge on any atom is 0.325 e. The van der Waals surface area contributed by atoms with E-state index in [0.29, 0.717) is 12.8 Å². The van der Waals surface area contributed by atoms with E-state index in [1.54, 1.807) is 13.8 Å². The lowest BCUT2D eigenvalue weighted by atomic mass is 9.86. The molecule has 5 heteroatoms. The van der Waals surface area contributed by atoms with Gasteiger partial charge in [0, 0.05) is 6.54 Å². The number of rotatable bonds is 6. The summed E-state index contributed by atoms with van der Waals surface area (Å²) in [5.41, 5.74) is 0.0843. The van der Waals surface area contributed by atoms with Gasteiger partial charge < -0.3 is 10.4 Å². The number of hydrogen-bond donors (Lipinski definition) is 2. The summed E-state index contributed by atoms with van der Waals surface area (Å²) < 4.78 is 0. The molecule has 1 saturated heterocycles. The molecule has 0 radical (unpaired) electrons. The molecule has 1 unspecified atom stereocenters. The van der Waals surface area contributed by atoms with Crippen LogP contribution >= 0.6 is 0 Å². The molecule has 1 fully saturated rings. The van der Waals surface area contributed by atoms with Gasteiger partial charge in [0.15, 0.2) is 0 Å². The van der Waals surface area contributed by atoms with Crippen LogP contribution in [0.1, 0.15) is 51.7 Å². The minimum atomic E-state index is -0.997. The van der Waals surface area contributed by atoms with E-state index < -0.39 is 11.1 Å². The molecule has 5 nitrogen and oxygen atoms in total. The van der Waals surface area contributed by atoms with Crippen molar-refractivity contribution < 1.29 is 14.7 Å². The summed E-state index contributed by atoms with van der Waals surface area (Å²) >= 11 is 0. The summed E-state index contributed by atoms with van der Waals surface area (Å²) in [4.78, 5) is 26.4. The smallest absolute Gasteiger partial charge is 0.325 e. The van der Waals surface area contributed by atoms with Crippen molar-refractivity contribution in [2.75, 3.05) is 6.54 Å². The Morgan fingerprint density at radius 3 is 2.26 bits per heavy atom. The largest absolute Gasteiger partial charge is 0.390 e. The topological polar surface area (TPSA) is 69.6 Å². The van der Waals surface area contributed by atoms with Gasteiger partial charge in [-0.3, -0.25) is 9.69 Å². The van der Waals surface area contributed by atoms with E-state index in [4.69, 9.17) is 0 Å². The quantitative estimate of drug-likeness (QED) is 0.792. The number of aryl methyl sites for hydroxylation is 1. The van der Waals surface area contributed by atoms with Crippen molar-refractivity contribution in [3.05, 3.63) is 35.4 Å². The summed E-state index contributed by atoms with van der Waals surface area (Å²) in [6.45, 7) is 7.52. The van der Waals surface area contributed by atoms with Gasteiger partial charge in [-0.25, -0.2) is 4.79 Å². The number of aliphatic hydroxyl groups is 1. The molecule has 0 aromatic heterocycles. The van der Waals surface area contributed by atoms with Crippen molar-refractivity contribution in [3.8, 4) is 0 Å². The van der Waals surface area contributed by atoms with Crippen LogP contribution in [-0.2, 0) is 16.8 Å². The molecular weight excluding hydrogens is 292 g/mol. The van der Waals surface area contributed by atoms with Crippen LogP contribution < -0.4 is 5.32 Å². The van der Waals surface area contributed by atoms with Crippen LogP contribution in [0, 0.1) is 0 Å². The van der Waals surface area contributed by atoms with Gasteiger partial charge in [0.2, 0.25) is 0 Å². The average molecular weight is 318 g/mol. The molecular formula is C18H26N2O3. The first-order valence-electron chi connectivity index (χ1n) is 8.19. The molecule has 0 aliphatic carbocycles. The zero-order valence-corrected chi connectivity index (χ0v) is 14.3. The van der Waals surface area contributed by atoms with E-state index in [2.05, 4.69) is 12.2 Å². The summed E-state index contributed by atoms with van der Waals surface area (Å²) in [7, 11) is 0. The first-order chi connectivity index (χ1) is 10.7. The first kappa shape index (κ1) is 17.5. The number of carbonyl (C=O) groups excluding carboxylic acids is 2. The molecule has 3 amide bonds. The maximum atomic E-state index is 12.9. The molecule has 23 heavy (non-hydrogen) atoms. The van der Waals surface area contributed by atoms with Crippen LogP contribution in [0.5, 0.6) is 0 Å². The molecule has 1 aromatic rings. The third-order valence-corrected chi connectivity index (χ3v) is 4.51. The van der Waals surface area contributed by atoms with Gasteiger partial charge >= 0.3 is 6.03 Å².